The third-order valence-corrected chi connectivity index (χ3v) is 11.2. The van der Waals surface area contributed by atoms with E-state index in [1.54, 1.807) is 30.3 Å². The third-order valence-electron chi connectivity index (χ3n) is 11.2. The first-order valence-corrected chi connectivity index (χ1v) is 20.5. The van der Waals surface area contributed by atoms with Crippen molar-refractivity contribution in [2.75, 3.05) is 10.6 Å². The van der Waals surface area contributed by atoms with E-state index in [4.69, 9.17) is 27.8 Å². The number of hydrogen-bond acceptors (Lipinski definition) is 5. The molecule has 8 aromatic carbocycles. The zero-order valence-electron chi connectivity index (χ0n) is 44.5. The van der Waals surface area contributed by atoms with E-state index in [-0.39, 0.29) is 33.4 Å². The van der Waals surface area contributed by atoms with Gasteiger partial charge in [-0.15, -0.1) is 0 Å². The highest BCUT2D eigenvalue weighted by Crippen LogP contribution is 2.43. The number of pyridine rings is 1. The van der Waals surface area contributed by atoms with Gasteiger partial charge >= 0.3 is 0 Å². The predicted octanol–water partition coefficient (Wildman–Crippen LogP) is 16.0. The maximum absolute atomic E-state index is 8.90. The number of para-hydroxylation sites is 4. The standard InChI is InChI=1S/C57H44N4O2/c1-57(2,3)39-32-33-58-53(34-39)61-50-31-30-46-45-22-10-13-27-52(45)63-56(46)54(50)47-29-28-42(36-51(47)61)62-41-21-14-20-40(35-41)59-48-25-11-12-26-49(48)60-55-43(37-16-6-4-7-17-37)23-15-24-44(55)38-18-8-5-9-19-38/h4-36,59-60H,1-3H3/i4D,5D,6D,7D,8D,9D,16D,17D,18D,19D. The van der Waals surface area contributed by atoms with Gasteiger partial charge in [0.15, 0.2) is 0 Å². The van der Waals surface area contributed by atoms with Crippen LogP contribution in [0.4, 0.5) is 22.7 Å². The predicted molar refractivity (Wildman–Crippen MR) is 261 cm³/mol. The molecule has 0 spiro atoms. The number of hydrogen-bond donors (Lipinski definition) is 2. The quantitative estimate of drug-likeness (QED) is 0.152. The second-order valence-corrected chi connectivity index (χ2v) is 16.3. The number of furan rings is 1. The fourth-order valence-electron chi connectivity index (χ4n) is 8.22. The van der Waals surface area contributed by atoms with Crippen LogP contribution in [0, 0.1) is 0 Å². The average molecular weight is 827 g/mol. The van der Waals surface area contributed by atoms with Gasteiger partial charge in [-0.2, -0.15) is 0 Å². The summed E-state index contributed by atoms with van der Waals surface area (Å²) in [7, 11) is 0. The van der Waals surface area contributed by atoms with Gasteiger partial charge in [-0.05, 0) is 88.8 Å². The Balaban J connectivity index is 0.989. The first-order valence-electron chi connectivity index (χ1n) is 25.5. The average Bonchev–Trinajstić information content (AvgIpc) is 3.93. The molecular weight excluding hydrogens is 773 g/mol. The van der Waals surface area contributed by atoms with E-state index in [2.05, 4.69) is 66.3 Å². The second-order valence-electron chi connectivity index (χ2n) is 16.3. The number of rotatable bonds is 9. The minimum absolute atomic E-state index is 0.123. The second kappa shape index (κ2) is 15.4. The van der Waals surface area contributed by atoms with Crippen LogP contribution in [0.5, 0.6) is 11.5 Å². The first-order chi connectivity index (χ1) is 35.0. The summed E-state index contributed by atoms with van der Waals surface area (Å²) in [4.78, 5) is 4.89. The number of anilines is 4. The van der Waals surface area contributed by atoms with Crippen molar-refractivity contribution in [3.05, 3.63) is 206 Å². The molecule has 0 unspecified atom stereocenters. The Kier molecular flexibility index (Phi) is 6.96. The molecule has 0 saturated carbocycles. The monoisotopic (exact) mass is 826 g/mol. The highest BCUT2D eigenvalue weighted by molar-refractivity contribution is 6.24. The Morgan fingerprint density at radius 2 is 1.25 bits per heavy atom. The zero-order chi connectivity index (χ0) is 51.2. The lowest BCUT2D eigenvalue weighted by Crippen LogP contribution is -2.12. The van der Waals surface area contributed by atoms with E-state index in [0.717, 1.165) is 55.1 Å². The SMILES string of the molecule is [2H]c1c([2H])c([2H])c(-c2cccc(-c3c([2H])c([2H])c([2H])c([2H])c3[2H])c2Nc2ccccc2Nc2cccc(Oc3ccc4c5c6oc7ccccc7c6ccc5n(-c5cc(C(C)(C)C)ccn5)c4c3)c2)c([2H])c1[2H]. The first kappa shape index (κ1) is 28.4. The van der Waals surface area contributed by atoms with E-state index in [9.17, 15) is 0 Å². The molecule has 0 aliphatic rings. The van der Waals surface area contributed by atoms with Crippen molar-refractivity contribution in [2.45, 2.75) is 26.2 Å². The van der Waals surface area contributed by atoms with Gasteiger partial charge in [0.25, 0.3) is 0 Å². The molecule has 11 rings (SSSR count). The van der Waals surface area contributed by atoms with Crippen LogP contribution in [0.1, 0.15) is 40.0 Å². The summed E-state index contributed by atoms with van der Waals surface area (Å²) in [5, 5.41) is 10.9. The maximum Gasteiger partial charge on any atom is 0.145 e. The summed E-state index contributed by atoms with van der Waals surface area (Å²) >= 11 is 0. The van der Waals surface area contributed by atoms with Crippen LogP contribution in [0.25, 0.3) is 71.8 Å². The van der Waals surface area contributed by atoms with Gasteiger partial charge in [0.1, 0.15) is 28.5 Å². The highest BCUT2D eigenvalue weighted by Gasteiger charge is 2.22. The topological polar surface area (TPSA) is 64.2 Å². The summed E-state index contributed by atoms with van der Waals surface area (Å²) < 4.78 is 101. The van der Waals surface area contributed by atoms with E-state index < -0.39 is 60.4 Å². The lowest BCUT2D eigenvalue weighted by molar-refractivity contribution is 0.483. The molecule has 11 aromatic rings. The molecule has 0 radical (unpaired) electrons. The molecule has 0 aliphatic heterocycles. The van der Waals surface area contributed by atoms with Gasteiger partial charge in [0, 0.05) is 51.3 Å². The number of ether oxygens (including phenoxy) is 1. The number of nitrogens with one attached hydrogen (secondary N) is 2. The molecule has 304 valence electrons. The summed E-state index contributed by atoms with van der Waals surface area (Å²) in [6.45, 7) is 6.53. The van der Waals surface area contributed by atoms with Gasteiger partial charge in [-0.25, -0.2) is 4.98 Å². The number of aromatic nitrogens is 2. The van der Waals surface area contributed by atoms with Gasteiger partial charge in [-0.1, -0.05) is 136 Å². The van der Waals surface area contributed by atoms with Crippen LogP contribution in [0.3, 0.4) is 0 Å². The normalized spacial score (nSPS) is 14.0. The molecule has 6 heteroatoms. The van der Waals surface area contributed by atoms with Gasteiger partial charge in [-0.3, -0.25) is 4.57 Å². The fourth-order valence-corrected chi connectivity index (χ4v) is 8.22. The lowest BCUT2D eigenvalue weighted by Gasteiger charge is -2.20. The summed E-state index contributed by atoms with van der Waals surface area (Å²) in [6.07, 6.45) is 1.85. The van der Waals surface area contributed by atoms with Gasteiger partial charge in [0.05, 0.1) is 47.2 Å². The van der Waals surface area contributed by atoms with Crippen LogP contribution in [0.2, 0.25) is 0 Å². The molecule has 0 bridgehead atoms. The Morgan fingerprint density at radius 3 is 2.00 bits per heavy atom. The van der Waals surface area contributed by atoms with Crippen molar-refractivity contribution in [3.8, 4) is 39.6 Å². The number of nitrogens with zero attached hydrogens (tertiary/aromatic N) is 2. The van der Waals surface area contributed by atoms with E-state index in [1.807, 2.05) is 79.0 Å². The van der Waals surface area contributed by atoms with E-state index in [1.165, 1.54) is 0 Å². The van der Waals surface area contributed by atoms with Gasteiger partial charge < -0.3 is 19.8 Å². The minimum Gasteiger partial charge on any atom is -0.457 e. The third kappa shape index (κ3) is 7.01. The van der Waals surface area contributed by atoms with Crippen molar-refractivity contribution in [3.63, 3.8) is 0 Å². The molecule has 0 aliphatic carbocycles. The molecule has 0 atom stereocenters. The zero-order valence-corrected chi connectivity index (χ0v) is 34.5. The highest BCUT2D eigenvalue weighted by atomic mass is 16.5. The summed E-state index contributed by atoms with van der Waals surface area (Å²) in [6, 6.07) is 36.6. The molecular formula is C57H44N4O2. The van der Waals surface area contributed by atoms with E-state index >= 15 is 0 Å². The molecule has 6 nitrogen and oxygen atoms in total. The van der Waals surface area contributed by atoms with Crippen LogP contribution in [-0.4, -0.2) is 9.55 Å². The van der Waals surface area contributed by atoms with Crippen molar-refractivity contribution in [1.82, 2.24) is 9.55 Å². The summed E-state index contributed by atoms with van der Waals surface area (Å²) in [5.41, 5.74) is 6.28. The van der Waals surface area contributed by atoms with Crippen LogP contribution >= 0.6 is 0 Å². The van der Waals surface area contributed by atoms with Crippen LogP contribution in [0.15, 0.2) is 204 Å². The minimum atomic E-state index is -0.566. The largest absolute Gasteiger partial charge is 0.457 e. The molecule has 0 saturated heterocycles. The molecule has 0 amide bonds. The Morgan fingerprint density at radius 1 is 0.587 bits per heavy atom. The molecule has 2 N–H and O–H groups in total. The Hall–Kier alpha value is -8.09. The lowest BCUT2D eigenvalue weighted by atomic mass is 9.88. The number of benzene rings is 8. The Bertz CT molecular complexity index is 3940. The van der Waals surface area contributed by atoms with Crippen molar-refractivity contribution < 1.29 is 22.9 Å². The van der Waals surface area contributed by atoms with Crippen molar-refractivity contribution in [2.24, 2.45) is 0 Å². The maximum atomic E-state index is 8.90. The molecule has 3 heterocycles. The van der Waals surface area contributed by atoms with Gasteiger partial charge in [0.2, 0.25) is 0 Å². The smallest absolute Gasteiger partial charge is 0.145 e. The summed E-state index contributed by atoms with van der Waals surface area (Å²) in [5.74, 6) is 1.86. The number of fused-ring (bicyclic) bond motifs is 7. The Labute approximate surface area is 380 Å². The molecule has 3 aromatic heterocycles. The fraction of sp³-hybridized carbons (Fsp3) is 0.0702. The van der Waals surface area contributed by atoms with Crippen molar-refractivity contribution in [1.29, 1.82) is 0 Å². The van der Waals surface area contributed by atoms with Crippen molar-refractivity contribution >= 4 is 66.5 Å². The van der Waals surface area contributed by atoms with E-state index in [0.29, 0.717) is 28.6 Å². The molecule has 63 heavy (non-hydrogen) atoms. The molecule has 0 fully saturated rings. The van der Waals surface area contributed by atoms with Crippen LogP contribution in [-0.2, 0) is 5.41 Å². The van der Waals surface area contributed by atoms with Crippen LogP contribution < -0.4 is 15.4 Å².